The van der Waals surface area contributed by atoms with Crippen molar-refractivity contribution in [3.8, 4) is 0 Å². The smallest absolute Gasteiger partial charge is 0.244 e. The van der Waals surface area contributed by atoms with Crippen molar-refractivity contribution >= 4 is 35.2 Å². The Morgan fingerprint density at radius 1 is 1.30 bits per heavy atom. The van der Waals surface area contributed by atoms with Crippen LogP contribution in [0, 0.1) is 5.92 Å². The zero-order valence-electron chi connectivity index (χ0n) is 11.5. The van der Waals surface area contributed by atoms with Crippen LogP contribution < -0.4 is 5.32 Å². The lowest BCUT2D eigenvalue weighted by Crippen LogP contribution is -2.40. The van der Waals surface area contributed by atoms with Crippen LogP contribution in [0.1, 0.15) is 38.2 Å². The summed E-state index contributed by atoms with van der Waals surface area (Å²) in [5.74, 6) is 0.495. The fourth-order valence-electron chi connectivity index (χ4n) is 2.56. The number of amides is 1. The lowest BCUT2D eigenvalue weighted by molar-refractivity contribution is -0.117. The minimum absolute atomic E-state index is 0.0604. The van der Waals surface area contributed by atoms with Crippen LogP contribution in [0.3, 0.4) is 0 Å². The van der Waals surface area contributed by atoms with Gasteiger partial charge in [-0.25, -0.2) is 0 Å². The Morgan fingerprint density at radius 3 is 2.75 bits per heavy atom. The first-order valence-corrected chi connectivity index (χ1v) is 7.75. The van der Waals surface area contributed by atoms with Gasteiger partial charge in [-0.15, -0.1) is 0 Å². The molecule has 1 saturated carbocycles. The van der Waals surface area contributed by atoms with Gasteiger partial charge in [0.25, 0.3) is 0 Å². The number of carbonyl (C=O) groups is 1. The molecule has 1 aromatic rings. The van der Waals surface area contributed by atoms with Gasteiger partial charge < -0.3 is 5.32 Å². The van der Waals surface area contributed by atoms with Crippen molar-refractivity contribution < 1.29 is 4.79 Å². The van der Waals surface area contributed by atoms with E-state index in [0.717, 1.165) is 12.0 Å². The molecule has 1 fully saturated rings. The van der Waals surface area contributed by atoms with Crippen LogP contribution in [-0.4, -0.2) is 11.9 Å². The molecule has 108 valence electrons. The highest BCUT2D eigenvalue weighted by atomic mass is 35.5. The van der Waals surface area contributed by atoms with Crippen LogP contribution in [0.25, 0.3) is 6.08 Å². The minimum Gasteiger partial charge on any atom is -0.350 e. The SMILES string of the molecule is CC1CCCCC1NC(=O)/C=C/c1ccc(Cl)cc1Cl. The van der Waals surface area contributed by atoms with E-state index >= 15 is 0 Å². The number of benzene rings is 1. The van der Waals surface area contributed by atoms with E-state index in [4.69, 9.17) is 23.2 Å². The molecule has 0 aromatic heterocycles. The average Bonchev–Trinajstić information content (AvgIpc) is 2.40. The van der Waals surface area contributed by atoms with Crippen molar-refractivity contribution in [1.82, 2.24) is 5.32 Å². The van der Waals surface area contributed by atoms with Gasteiger partial charge in [-0.2, -0.15) is 0 Å². The van der Waals surface area contributed by atoms with E-state index in [1.165, 1.54) is 25.3 Å². The molecule has 2 nitrogen and oxygen atoms in total. The molecule has 2 atom stereocenters. The van der Waals surface area contributed by atoms with Gasteiger partial charge in [0, 0.05) is 22.2 Å². The predicted octanol–water partition coefficient (Wildman–Crippen LogP) is 4.70. The van der Waals surface area contributed by atoms with Gasteiger partial charge in [-0.3, -0.25) is 4.79 Å². The summed E-state index contributed by atoms with van der Waals surface area (Å²) in [6.45, 7) is 2.20. The molecule has 2 unspecified atom stereocenters. The van der Waals surface area contributed by atoms with Gasteiger partial charge in [0.05, 0.1) is 0 Å². The average molecular weight is 312 g/mol. The Morgan fingerprint density at radius 2 is 2.05 bits per heavy atom. The number of hydrogen-bond acceptors (Lipinski definition) is 1. The topological polar surface area (TPSA) is 29.1 Å². The Bertz CT molecular complexity index is 513. The first kappa shape index (κ1) is 15.4. The van der Waals surface area contributed by atoms with Gasteiger partial charge >= 0.3 is 0 Å². The van der Waals surface area contributed by atoms with E-state index in [-0.39, 0.29) is 5.91 Å². The molecular formula is C16H19Cl2NO. The molecule has 0 heterocycles. The zero-order chi connectivity index (χ0) is 14.5. The third-order valence-electron chi connectivity index (χ3n) is 3.82. The molecule has 2 rings (SSSR count). The van der Waals surface area contributed by atoms with Gasteiger partial charge in [0.15, 0.2) is 0 Å². The molecule has 1 aromatic carbocycles. The number of carbonyl (C=O) groups excluding carboxylic acids is 1. The van der Waals surface area contributed by atoms with E-state index < -0.39 is 0 Å². The highest BCUT2D eigenvalue weighted by Gasteiger charge is 2.21. The molecule has 20 heavy (non-hydrogen) atoms. The minimum atomic E-state index is -0.0604. The van der Waals surface area contributed by atoms with Gasteiger partial charge in [-0.1, -0.05) is 49.0 Å². The summed E-state index contributed by atoms with van der Waals surface area (Å²) in [5.41, 5.74) is 0.794. The molecule has 4 heteroatoms. The second-order valence-corrected chi connectivity index (χ2v) is 6.22. The van der Waals surface area contributed by atoms with E-state index in [1.54, 1.807) is 24.3 Å². The third-order valence-corrected chi connectivity index (χ3v) is 4.38. The predicted molar refractivity (Wildman–Crippen MR) is 85.1 cm³/mol. The molecule has 0 spiro atoms. The van der Waals surface area contributed by atoms with E-state index in [2.05, 4.69) is 12.2 Å². The van der Waals surface area contributed by atoms with E-state index in [9.17, 15) is 4.79 Å². The van der Waals surface area contributed by atoms with Crippen molar-refractivity contribution in [3.63, 3.8) is 0 Å². The largest absolute Gasteiger partial charge is 0.350 e. The van der Waals surface area contributed by atoms with Crippen molar-refractivity contribution in [2.45, 2.75) is 38.6 Å². The maximum absolute atomic E-state index is 11.9. The maximum Gasteiger partial charge on any atom is 0.244 e. The zero-order valence-corrected chi connectivity index (χ0v) is 13.0. The molecule has 0 bridgehead atoms. The Labute approximate surface area is 130 Å². The molecule has 0 saturated heterocycles. The van der Waals surface area contributed by atoms with Crippen molar-refractivity contribution in [2.75, 3.05) is 0 Å². The summed E-state index contributed by atoms with van der Waals surface area (Å²) in [4.78, 5) is 11.9. The van der Waals surface area contributed by atoms with E-state index in [1.807, 2.05) is 0 Å². The van der Waals surface area contributed by atoms with Crippen LogP contribution in [0.2, 0.25) is 10.0 Å². The van der Waals surface area contributed by atoms with Crippen molar-refractivity contribution in [3.05, 3.63) is 39.9 Å². The Kier molecular flexibility index (Phi) is 5.50. The summed E-state index contributed by atoms with van der Waals surface area (Å²) in [6.07, 6.45) is 7.99. The molecular weight excluding hydrogens is 293 g/mol. The molecule has 0 radical (unpaired) electrons. The second kappa shape index (κ2) is 7.14. The first-order chi connectivity index (χ1) is 9.56. The molecule has 1 N–H and O–H groups in total. The molecule has 1 aliphatic rings. The number of hydrogen-bond donors (Lipinski definition) is 1. The van der Waals surface area contributed by atoms with E-state index in [0.29, 0.717) is 22.0 Å². The van der Waals surface area contributed by atoms with Crippen molar-refractivity contribution in [1.29, 1.82) is 0 Å². The lowest BCUT2D eigenvalue weighted by atomic mass is 9.86. The third kappa shape index (κ3) is 4.26. The molecule has 0 aliphatic heterocycles. The normalized spacial score (nSPS) is 22.9. The van der Waals surface area contributed by atoms with Gasteiger partial charge in [0.1, 0.15) is 0 Å². The standard InChI is InChI=1S/C16H19Cl2NO/c1-11-4-2-3-5-15(11)19-16(20)9-7-12-6-8-13(17)10-14(12)18/h6-11,15H,2-5H2,1H3,(H,19,20)/b9-7+. The van der Waals surface area contributed by atoms with Crippen LogP contribution >= 0.6 is 23.2 Å². The lowest BCUT2D eigenvalue weighted by Gasteiger charge is -2.29. The van der Waals surface area contributed by atoms with Gasteiger partial charge in [-0.05, 0) is 42.5 Å². The Balaban J connectivity index is 1.95. The maximum atomic E-state index is 11.9. The fraction of sp³-hybridized carbons (Fsp3) is 0.438. The molecule has 1 aliphatic carbocycles. The number of rotatable bonds is 3. The second-order valence-electron chi connectivity index (χ2n) is 5.38. The number of halogens is 2. The van der Waals surface area contributed by atoms with Crippen LogP contribution in [0.15, 0.2) is 24.3 Å². The summed E-state index contributed by atoms with van der Waals surface area (Å²) < 4.78 is 0. The monoisotopic (exact) mass is 311 g/mol. The highest BCUT2D eigenvalue weighted by Crippen LogP contribution is 2.24. The van der Waals surface area contributed by atoms with Crippen LogP contribution in [0.4, 0.5) is 0 Å². The fourth-order valence-corrected chi connectivity index (χ4v) is 3.04. The summed E-state index contributed by atoms with van der Waals surface area (Å²) in [5, 5.41) is 4.21. The number of nitrogens with one attached hydrogen (secondary N) is 1. The summed E-state index contributed by atoms with van der Waals surface area (Å²) >= 11 is 11.9. The highest BCUT2D eigenvalue weighted by molar-refractivity contribution is 6.35. The Hall–Kier alpha value is -0.990. The van der Waals surface area contributed by atoms with Crippen molar-refractivity contribution in [2.24, 2.45) is 5.92 Å². The summed E-state index contributed by atoms with van der Waals surface area (Å²) in [7, 11) is 0. The first-order valence-electron chi connectivity index (χ1n) is 7.00. The van der Waals surface area contributed by atoms with Crippen LogP contribution in [0.5, 0.6) is 0 Å². The van der Waals surface area contributed by atoms with Gasteiger partial charge in [0.2, 0.25) is 5.91 Å². The molecule has 1 amide bonds. The van der Waals surface area contributed by atoms with Crippen LogP contribution in [-0.2, 0) is 4.79 Å². The quantitative estimate of drug-likeness (QED) is 0.805. The summed E-state index contributed by atoms with van der Waals surface area (Å²) in [6, 6.07) is 5.53.